The number of thioether (sulfide) groups is 1. The summed E-state index contributed by atoms with van der Waals surface area (Å²) in [4.78, 5) is 14.2. The van der Waals surface area contributed by atoms with Crippen molar-refractivity contribution < 1.29 is 27.6 Å². The van der Waals surface area contributed by atoms with E-state index in [0.717, 1.165) is 30.2 Å². The number of sulfone groups is 1. The predicted molar refractivity (Wildman–Crippen MR) is 283 cm³/mol. The molecule has 0 aliphatic heterocycles. The Morgan fingerprint density at radius 1 is 0.897 bits per heavy atom. The number of terminal acetylenes is 1. The summed E-state index contributed by atoms with van der Waals surface area (Å²) < 4.78 is 34.3. The van der Waals surface area contributed by atoms with Gasteiger partial charge in [0.15, 0.2) is 0 Å². The van der Waals surface area contributed by atoms with Gasteiger partial charge in [0.2, 0.25) is 0 Å². The van der Waals surface area contributed by atoms with Gasteiger partial charge in [0, 0.05) is 56.9 Å². The number of ketones is 1. The van der Waals surface area contributed by atoms with Crippen LogP contribution in [0.1, 0.15) is 138 Å². The summed E-state index contributed by atoms with van der Waals surface area (Å²) in [5.41, 5.74) is 6.84. The topological polar surface area (TPSA) is 196 Å². The van der Waals surface area contributed by atoms with E-state index in [9.17, 15) is 17.8 Å². The molecule has 0 unspecified atom stereocenters. The fraction of sp³-hybridized carbons (Fsp3) is 0.833. The van der Waals surface area contributed by atoms with Gasteiger partial charge >= 0.3 is 7.80 Å². The van der Waals surface area contributed by atoms with Crippen LogP contribution >= 0.6 is 44.4 Å². The number of nitrogens with two attached hydrogens (primary N) is 1. The maximum atomic E-state index is 9.63. The first-order valence-electron chi connectivity index (χ1n) is 17.8. The highest BCUT2D eigenvalue weighted by molar-refractivity contribution is 7.99. The van der Waals surface area contributed by atoms with Crippen molar-refractivity contribution in [2.45, 2.75) is 149 Å². The standard InChI is InChI=1S/C5H12O.C5H12S.C5H12.C4H9N.C3H7N.C3H6O.C3H6S.C3H4.C2H7N.C2H3N.C2H6O2S.C2H6OP.CH5N.CH4O.CH4S/c2*1-5(2,3)6-4;1-5(2,3)4;1-4(2)5-3;3*1-3(2)4;2*1-3-2;1-2-3;1-5(2,3)4;1-4(2)3;3*1-2/h2*1-4H3;1-4H3;1-3H3;4H,1-2H3;2*1-2H3;1H,2H3;3H,1-2H3;1H3;1-2H3;1-2H3;2H2,1H3;2*2H,1H3/q;;;;;;;;;;;+1;;;. The molecule has 0 spiro atoms. The molecule has 0 aromatic rings. The lowest BCUT2D eigenvalue weighted by Crippen LogP contribution is -2.15. The quantitative estimate of drug-likeness (QED) is 0.0510. The van der Waals surface area contributed by atoms with Crippen LogP contribution in [0.15, 0.2) is 4.99 Å². The number of methoxy groups -OCH3 is 1. The number of aliphatic imine (C=N–C) groups is 1. The molecule has 0 aliphatic carbocycles. The van der Waals surface area contributed by atoms with Gasteiger partial charge in [0.25, 0.3) is 0 Å². The van der Waals surface area contributed by atoms with Crippen LogP contribution in [-0.2, 0) is 23.9 Å². The van der Waals surface area contributed by atoms with Crippen LogP contribution in [0.3, 0.4) is 0 Å². The first-order chi connectivity index (χ1) is 25.6. The second-order valence-corrected chi connectivity index (χ2v) is 20.9. The average Bonchev–Trinajstić information content (AvgIpc) is 2.99. The summed E-state index contributed by atoms with van der Waals surface area (Å²) >= 11 is 9.95. The van der Waals surface area contributed by atoms with Crippen molar-refractivity contribution in [1.82, 2.24) is 5.32 Å². The van der Waals surface area contributed by atoms with E-state index >= 15 is 0 Å². The van der Waals surface area contributed by atoms with Gasteiger partial charge in [-0.25, -0.2) is 8.42 Å². The molecule has 0 aliphatic rings. The molecule has 0 bridgehead atoms. The minimum Gasteiger partial charge on any atom is -0.400 e. The fourth-order valence-electron chi connectivity index (χ4n) is 0. The zero-order chi connectivity index (χ0) is 52.1. The molecule has 5 N–H and O–H groups in total. The van der Waals surface area contributed by atoms with Gasteiger partial charge in [-0.2, -0.15) is 29.7 Å². The summed E-state index contributed by atoms with van der Waals surface area (Å²) in [7, 11) is 6.21. The predicted octanol–water partition coefficient (Wildman–Crippen LogP) is 11.2. The molecule has 0 aromatic heterocycles. The number of carbonyl (C=O) groups is 1. The van der Waals surface area contributed by atoms with Crippen LogP contribution in [0.2, 0.25) is 0 Å². The molecule has 0 saturated heterocycles. The van der Waals surface area contributed by atoms with Crippen LogP contribution in [-0.4, -0.2) is 127 Å². The number of Topliss-reactive ketones (excluding diaryl/α,β-unsaturated/α-hetero) is 1. The van der Waals surface area contributed by atoms with E-state index in [2.05, 4.69) is 108 Å². The second kappa shape index (κ2) is 87.3. The normalized spacial score (nSPS) is 7.81. The average molecular weight is 934 g/mol. The molecule has 0 amide bonds. The summed E-state index contributed by atoms with van der Waals surface area (Å²) in [6, 6.07) is 1.75. The SMILES string of the molecule is C#CC.CC#N.CC(C)(C)C.CC(C)=N.CC(C)=O.CC(C)=S.CN.CN=C(C)C.CNC.CO.COC(C)(C)C.CS.CS(C)(=O)=O.CSC(C)(C)C.C[P+](C)=O. The Morgan fingerprint density at radius 2 is 0.948 bits per heavy atom. The smallest absolute Gasteiger partial charge is 0.332 e. The van der Waals surface area contributed by atoms with Crippen molar-refractivity contribution in [3.63, 3.8) is 0 Å². The van der Waals surface area contributed by atoms with Crippen molar-refractivity contribution in [1.29, 1.82) is 10.7 Å². The fourth-order valence-corrected chi connectivity index (χ4v) is 0. The highest BCUT2D eigenvalue weighted by Crippen LogP contribution is 2.18. The molecule has 11 nitrogen and oxygen atoms in total. The molecule has 0 aromatic carbocycles. The van der Waals surface area contributed by atoms with E-state index in [0.29, 0.717) is 15.9 Å². The van der Waals surface area contributed by atoms with Crippen LogP contribution in [0.5, 0.6) is 0 Å². The zero-order valence-electron chi connectivity index (χ0n) is 44.2. The van der Waals surface area contributed by atoms with Crippen molar-refractivity contribution in [2.75, 3.05) is 80.8 Å². The number of aliphatic hydroxyl groups excluding tert-OH is 1. The van der Waals surface area contributed by atoms with Gasteiger partial charge < -0.3 is 31.1 Å². The van der Waals surface area contributed by atoms with Gasteiger partial charge in [-0.3, -0.25) is 4.99 Å². The number of aliphatic hydroxyl groups is 1. The Morgan fingerprint density at radius 3 is 0.948 bits per heavy atom. The lowest BCUT2D eigenvalue weighted by Gasteiger charge is -2.14. The Hall–Kier alpha value is -1.26. The van der Waals surface area contributed by atoms with Gasteiger partial charge in [0.1, 0.15) is 29.0 Å². The van der Waals surface area contributed by atoms with Crippen molar-refractivity contribution in [3.8, 4) is 18.4 Å². The van der Waals surface area contributed by atoms with Crippen molar-refractivity contribution >= 4 is 76.3 Å². The number of nitrogens with zero attached hydrogens (tertiary/aromatic N) is 2. The van der Waals surface area contributed by atoms with Crippen LogP contribution in [0.4, 0.5) is 0 Å². The highest BCUT2D eigenvalue weighted by atomic mass is 32.2. The third-order valence-electron chi connectivity index (χ3n) is 1.67. The highest BCUT2D eigenvalue weighted by Gasteiger charge is 2.04. The number of rotatable bonds is 0. The molecule has 0 rings (SSSR count). The molecule has 0 atom stereocenters. The summed E-state index contributed by atoms with van der Waals surface area (Å²) in [5, 5.41) is 23.6. The Balaban J connectivity index is -0.0000000266. The number of hydrogen-bond donors (Lipinski definition) is 5. The molecule has 0 fully saturated rings. The number of nitrogens with one attached hydrogen (secondary N) is 2. The molecular formula is C42H103N5O6PS4+. The van der Waals surface area contributed by atoms with E-state index in [1.165, 1.54) is 27.8 Å². The minimum absolute atomic E-state index is 0.0417. The van der Waals surface area contributed by atoms with E-state index in [-0.39, 0.29) is 11.4 Å². The molecule has 360 valence electrons. The summed E-state index contributed by atoms with van der Waals surface area (Å²) in [6.45, 7) is 42.2. The number of thiol groups is 1. The van der Waals surface area contributed by atoms with Gasteiger partial charge in [0.05, 0.1) is 11.7 Å². The lowest BCUT2D eigenvalue weighted by molar-refractivity contribution is -0.115. The molecule has 0 radical (unpaired) electrons. The summed E-state index contributed by atoms with van der Waals surface area (Å²) in [5.74, 6) is 2.42. The maximum absolute atomic E-state index is 9.63. The van der Waals surface area contributed by atoms with Crippen LogP contribution in [0, 0.1) is 34.5 Å². The lowest BCUT2D eigenvalue weighted by atomic mass is 10.0. The van der Waals surface area contributed by atoms with Gasteiger partial charge in [-0.05, 0) is 127 Å². The van der Waals surface area contributed by atoms with Gasteiger partial charge in [-0.15, -0.1) is 12.3 Å². The van der Waals surface area contributed by atoms with Crippen molar-refractivity contribution in [3.05, 3.63) is 0 Å². The molecule has 16 heteroatoms. The molecule has 58 heavy (non-hydrogen) atoms. The first kappa shape index (κ1) is 101. The number of ether oxygens (including phenoxy) is 1. The van der Waals surface area contributed by atoms with Gasteiger partial charge in [-0.1, -0.05) is 65.2 Å². The molecule has 0 saturated carbocycles. The Kier molecular flexibility index (Phi) is 152. The third-order valence-corrected chi connectivity index (χ3v) is 2.90. The van der Waals surface area contributed by atoms with Crippen LogP contribution < -0.4 is 11.1 Å². The monoisotopic (exact) mass is 933 g/mol. The van der Waals surface area contributed by atoms with Crippen LogP contribution in [0.25, 0.3) is 0 Å². The number of thiocarbonyl (C=S) groups is 1. The first-order valence-corrected chi connectivity index (χ1v) is 24.7. The Bertz CT molecular complexity index is 886. The summed E-state index contributed by atoms with van der Waals surface area (Å²) in [6.07, 6.45) is 10.7. The largest absolute Gasteiger partial charge is 0.400 e. The maximum Gasteiger partial charge on any atom is 0.332 e. The Labute approximate surface area is 382 Å². The molecular weight excluding hydrogens is 830 g/mol. The van der Waals surface area contributed by atoms with E-state index in [1.54, 1.807) is 60.6 Å². The number of hydrogen-bond acceptors (Lipinski definition) is 14. The zero-order valence-corrected chi connectivity index (χ0v) is 48.4. The van der Waals surface area contributed by atoms with Crippen molar-refractivity contribution in [2.24, 2.45) is 16.1 Å². The van der Waals surface area contributed by atoms with E-state index in [4.69, 9.17) is 20.5 Å². The second-order valence-electron chi connectivity index (χ2n) is 14.6. The third kappa shape index (κ3) is 3480. The van der Waals surface area contributed by atoms with E-state index < -0.39 is 17.6 Å². The minimum atomic E-state index is -2.67. The molecule has 0 heterocycles. The number of carbonyl (C=O) groups excluding carboxylic acids is 1. The van der Waals surface area contributed by atoms with E-state index in [1.807, 2.05) is 74.3 Å². The number of nitriles is 1.